The Labute approximate surface area is 129 Å². The third-order valence-corrected chi connectivity index (χ3v) is 3.43. The van der Waals surface area contributed by atoms with Crippen LogP contribution in [0.1, 0.15) is 28.5 Å². The number of benzene rings is 1. The van der Waals surface area contributed by atoms with Gasteiger partial charge in [0, 0.05) is 11.9 Å². The number of amides is 1. The molecular weight excluding hydrogens is 284 g/mol. The molecule has 0 aliphatic heterocycles. The normalized spacial score (nSPS) is 10.2. The Morgan fingerprint density at radius 3 is 2.67 bits per heavy atom. The molecule has 0 bridgehead atoms. The number of nitrogens with zero attached hydrogens (tertiary/aromatic N) is 1. The highest BCUT2D eigenvalue weighted by Crippen LogP contribution is 2.22. The van der Waals surface area contributed by atoms with E-state index in [1.165, 1.54) is 0 Å². The van der Waals surface area contributed by atoms with Gasteiger partial charge in [-0.05, 0) is 44.6 Å². The first-order chi connectivity index (χ1) is 10.0. The molecule has 21 heavy (non-hydrogen) atoms. The summed E-state index contributed by atoms with van der Waals surface area (Å²) < 4.78 is 0. The first kappa shape index (κ1) is 15.2. The number of rotatable bonds is 2. The number of aryl methyl sites for hydroxylation is 2. The Hall–Kier alpha value is -2.21. The summed E-state index contributed by atoms with van der Waals surface area (Å²) in [6.45, 7) is 6.38. The molecule has 0 atom stereocenters. The first-order valence-electron chi connectivity index (χ1n) is 6.74. The summed E-state index contributed by atoms with van der Waals surface area (Å²) in [4.78, 5) is 16.8. The fourth-order valence-corrected chi connectivity index (χ4v) is 2.44. The maximum Gasteiger partial charge on any atom is 0.271 e. The predicted molar refractivity (Wildman–Crippen MR) is 88.1 cm³/mol. The first-order valence-corrected chi connectivity index (χ1v) is 7.15. The van der Waals surface area contributed by atoms with Crippen molar-refractivity contribution in [2.75, 3.05) is 6.54 Å². The van der Waals surface area contributed by atoms with Gasteiger partial charge in [0.15, 0.2) is 5.11 Å². The van der Waals surface area contributed by atoms with Crippen LogP contribution in [-0.2, 0) is 0 Å². The Balaban J connectivity index is 2.29. The number of nitrogens with one attached hydrogen (secondary N) is 3. The molecule has 1 aromatic carbocycles. The molecular formula is C15H18N4OS. The average Bonchev–Trinajstić information content (AvgIpc) is 2.45. The number of hydrogen-bond donors (Lipinski definition) is 3. The highest BCUT2D eigenvalue weighted by Gasteiger charge is 2.16. The SMILES string of the molecule is CCNC(=S)NNC(=O)c1c(C)nc2ccccc2c1C. The monoisotopic (exact) mass is 302 g/mol. The molecule has 110 valence electrons. The summed E-state index contributed by atoms with van der Waals surface area (Å²) in [6.07, 6.45) is 0. The lowest BCUT2D eigenvalue weighted by atomic mass is 10.0. The average molecular weight is 302 g/mol. The molecule has 3 N–H and O–H groups in total. The van der Waals surface area contributed by atoms with Crippen molar-refractivity contribution in [1.29, 1.82) is 0 Å². The highest BCUT2D eigenvalue weighted by molar-refractivity contribution is 7.80. The maximum absolute atomic E-state index is 12.3. The molecule has 0 unspecified atom stereocenters. The second-order valence-corrected chi connectivity index (χ2v) is 5.06. The zero-order valence-corrected chi connectivity index (χ0v) is 13.1. The number of hydrazine groups is 1. The Morgan fingerprint density at radius 1 is 1.24 bits per heavy atom. The molecule has 0 fully saturated rings. The van der Waals surface area contributed by atoms with E-state index in [1.807, 2.05) is 45.0 Å². The fraction of sp³-hybridized carbons (Fsp3) is 0.267. The fourth-order valence-electron chi connectivity index (χ4n) is 2.25. The number of carbonyl (C=O) groups excluding carboxylic acids is 1. The molecule has 0 radical (unpaired) electrons. The minimum Gasteiger partial charge on any atom is -0.362 e. The molecule has 2 rings (SSSR count). The van der Waals surface area contributed by atoms with Crippen molar-refractivity contribution in [2.45, 2.75) is 20.8 Å². The van der Waals surface area contributed by atoms with Crippen LogP contribution in [-0.4, -0.2) is 22.5 Å². The van der Waals surface area contributed by atoms with E-state index < -0.39 is 0 Å². The smallest absolute Gasteiger partial charge is 0.271 e. The Bertz CT molecular complexity index is 699. The van der Waals surface area contributed by atoms with E-state index in [4.69, 9.17) is 12.2 Å². The molecule has 0 spiro atoms. The van der Waals surface area contributed by atoms with E-state index >= 15 is 0 Å². The van der Waals surface area contributed by atoms with E-state index in [0.29, 0.717) is 22.9 Å². The van der Waals surface area contributed by atoms with Gasteiger partial charge in [0.05, 0.1) is 16.8 Å². The van der Waals surface area contributed by atoms with Crippen molar-refractivity contribution in [2.24, 2.45) is 0 Å². The molecule has 5 nitrogen and oxygen atoms in total. The van der Waals surface area contributed by atoms with E-state index in [2.05, 4.69) is 21.2 Å². The highest BCUT2D eigenvalue weighted by atomic mass is 32.1. The minimum atomic E-state index is -0.247. The minimum absolute atomic E-state index is 0.247. The molecule has 2 aromatic rings. The van der Waals surface area contributed by atoms with Crippen molar-refractivity contribution in [3.05, 3.63) is 41.1 Å². The summed E-state index contributed by atoms with van der Waals surface area (Å²) in [5.74, 6) is -0.247. The Kier molecular flexibility index (Phi) is 4.70. The molecule has 1 amide bonds. The van der Waals surface area contributed by atoms with Crippen LogP contribution in [0, 0.1) is 13.8 Å². The zero-order chi connectivity index (χ0) is 15.4. The van der Waals surface area contributed by atoms with Crippen LogP contribution in [0.5, 0.6) is 0 Å². The van der Waals surface area contributed by atoms with Crippen LogP contribution in [0.3, 0.4) is 0 Å². The van der Waals surface area contributed by atoms with Gasteiger partial charge in [-0.1, -0.05) is 18.2 Å². The second-order valence-electron chi connectivity index (χ2n) is 4.65. The lowest BCUT2D eigenvalue weighted by Gasteiger charge is -2.14. The van der Waals surface area contributed by atoms with E-state index in [-0.39, 0.29) is 5.91 Å². The molecule has 0 saturated heterocycles. The van der Waals surface area contributed by atoms with Crippen molar-refractivity contribution in [3.8, 4) is 0 Å². The van der Waals surface area contributed by atoms with Gasteiger partial charge in [0.1, 0.15) is 0 Å². The van der Waals surface area contributed by atoms with Gasteiger partial charge in [-0.2, -0.15) is 0 Å². The van der Waals surface area contributed by atoms with Crippen LogP contribution in [0.4, 0.5) is 0 Å². The molecule has 0 aliphatic rings. The summed E-state index contributed by atoms with van der Waals surface area (Å²) in [6, 6.07) is 7.77. The quantitative estimate of drug-likeness (QED) is 0.585. The maximum atomic E-state index is 12.3. The summed E-state index contributed by atoms with van der Waals surface area (Å²) in [5, 5.41) is 4.26. The largest absolute Gasteiger partial charge is 0.362 e. The van der Waals surface area contributed by atoms with Gasteiger partial charge in [0.25, 0.3) is 5.91 Å². The van der Waals surface area contributed by atoms with Gasteiger partial charge in [0.2, 0.25) is 0 Å². The number of aromatic nitrogens is 1. The standard InChI is InChI=1S/C15H18N4OS/c1-4-16-15(21)19-18-14(20)13-9(2)11-7-5-6-8-12(11)17-10(13)3/h5-8H,4H2,1-3H3,(H,18,20)(H2,16,19,21). The van der Waals surface area contributed by atoms with Gasteiger partial charge in [-0.15, -0.1) is 0 Å². The van der Waals surface area contributed by atoms with E-state index in [9.17, 15) is 4.79 Å². The predicted octanol–water partition coefficient (Wildman–Crippen LogP) is 1.98. The number of para-hydroxylation sites is 1. The zero-order valence-electron chi connectivity index (χ0n) is 12.3. The summed E-state index contributed by atoms with van der Waals surface area (Å²) in [7, 11) is 0. The lowest BCUT2D eigenvalue weighted by Crippen LogP contribution is -2.47. The molecule has 6 heteroatoms. The second kappa shape index (κ2) is 6.49. The summed E-state index contributed by atoms with van der Waals surface area (Å²) in [5.41, 5.74) is 8.34. The number of carbonyl (C=O) groups is 1. The van der Waals surface area contributed by atoms with Gasteiger partial charge in [-0.3, -0.25) is 20.6 Å². The molecule has 0 saturated carbocycles. The number of thiocarbonyl (C=S) groups is 1. The third kappa shape index (κ3) is 3.28. The topological polar surface area (TPSA) is 66.0 Å². The van der Waals surface area contributed by atoms with Crippen LogP contribution >= 0.6 is 12.2 Å². The van der Waals surface area contributed by atoms with Gasteiger partial charge in [-0.25, -0.2) is 0 Å². The molecule has 0 aliphatic carbocycles. The van der Waals surface area contributed by atoms with E-state index in [0.717, 1.165) is 16.5 Å². The molecule has 1 aromatic heterocycles. The van der Waals surface area contributed by atoms with Crippen molar-refractivity contribution in [1.82, 2.24) is 21.2 Å². The Morgan fingerprint density at radius 2 is 1.95 bits per heavy atom. The number of hydrogen-bond acceptors (Lipinski definition) is 3. The van der Waals surface area contributed by atoms with Crippen molar-refractivity contribution >= 4 is 34.1 Å². The lowest BCUT2D eigenvalue weighted by molar-refractivity contribution is 0.0942. The van der Waals surface area contributed by atoms with Crippen molar-refractivity contribution < 1.29 is 4.79 Å². The number of pyridine rings is 1. The van der Waals surface area contributed by atoms with Crippen LogP contribution in [0.15, 0.2) is 24.3 Å². The summed E-state index contributed by atoms with van der Waals surface area (Å²) >= 11 is 5.01. The van der Waals surface area contributed by atoms with E-state index in [1.54, 1.807) is 0 Å². The van der Waals surface area contributed by atoms with Crippen LogP contribution < -0.4 is 16.2 Å². The van der Waals surface area contributed by atoms with Crippen LogP contribution in [0.25, 0.3) is 10.9 Å². The van der Waals surface area contributed by atoms with Gasteiger partial charge >= 0.3 is 0 Å². The number of fused-ring (bicyclic) bond motifs is 1. The van der Waals surface area contributed by atoms with Gasteiger partial charge < -0.3 is 5.32 Å². The third-order valence-electron chi connectivity index (χ3n) is 3.19. The van der Waals surface area contributed by atoms with Crippen molar-refractivity contribution in [3.63, 3.8) is 0 Å². The molecule has 1 heterocycles. The van der Waals surface area contributed by atoms with Crippen LogP contribution in [0.2, 0.25) is 0 Å².